The van der Waals surface area contributed by atoms with Crippen LogP contribution in [0.1, 0.15) is 53.8 Å². The van der Waals surface area contributed by atoms with Gasteiger partial charge in [0.15, 0.2) is 0 Å². The summed E-state index contributed by atoms with van der Waals surface area (Å²) in [5, 5.41) is 2.95. The molecule has 31 heavy (non-hydrogen) atoms. The molecule has 5 heteroatoms. The first kappa shape index (κ1) is 20.8. The molecule has 0 unspecified atom stereocenters. The summed E-state index contributed by atoms with van der Waals surface area (Å²) in [7, 11) is 0. The van der Waals surface area contributed by atoms with Gasteiger partial charge in [0.2, 0.25) is 0 Å². The number of aryl methyl sites for hydroxylation is 1. The fourth-order valence-corrected chi connectivity index (χ4v) is 3.65. The van der Waals surface area contributed by atoms with Crippen molar-refractivity contribution >= 4 is 16.9 Å². The Kier molecular flexibility index (Phi) is 5.59. The highest BCUT2D eigenvalue weighted by Gasteiger charge is 2.15. The van der Waals surface area contributed by atoms with Crippen LogP contribution in [0.5, 0.6) is 0 Å². The number of pyridine rings is 1. The molecule has 0 atom stereocenters. The molecule has 5 nitrogen and oxygen atoms in total. The van der Waals surface area contributed by atoms with Crippen LogP contribution in [0.4, 0.5) is 0 Å². The molecule has 0 saturated carbocycles. The van der Waals surface area contributed by atoms with Gasteiger partial charge in [-0.1, -0.05) is 51.1 Å². The number of benzene rings is 2. The normalized spacial score (nSPS) is 11.6. The summed E-state index contributed by atoms with van der Waals surface area (Å²) in [5.41, 5.74) is 5.96. The molecule has 0 bridgehead atoms. The van der Waals surface area contributed by atoms with E-state index in [2.05, 4.69) is 64.9 Å². The van der Waals surface area contributed by atoms with Crippen LogP contribution in [-0.4, -0.2) is 20.4 Å². The third-order valence-electron chi connectivity index (χ3n) is 5.52. The fraction of sp³-hybridized carbons (Fsp3) is 0.269. The molecular weight excluding hydrogens is 384 g/mol. The molecule has 2 heterocycles. The van der Waals surface area contributed by atoms with Gasteiger partial charge in [0.05, 0.1) is 23.3 Å². The summed E-state index contributed by atoms with van der Waals surface area (Å²) in [6, 6.07) is 20.1. The fourth-order valence-electron chi connectivity index (χ4n) is 3.65. The van der Waals surface area contributed by atoms with E-state index in [4.69, 9.17) is 0 Å². The number of aromatic nitrogens is 3. The Morgan fingerprint density at radius 2 is 1.81 bits per heavy atom. The SMILES string of the molecule is Cc1nc2ccc(C(=O)NCc3ccccn3)cc2n1Cc1ccc(C(C)(C)C)cc1. The van der Waals surface area contributed by atoms with Crippen LogP contribution in [0.2, 0.25) is 0 Å². The van der Waals surface area contributed by atoms with E-state index in [1.54, 1.807) is 6.20 Å². The highest BCUT2D eigenvalue weighted by atomic mass is 16.1. The molecule has 2 aromatic heterocycles. The first-order valence-corrected chi connectivity index (χ1v) is 10.6. The second kappa shape index (κ2) is 8.34. The summed E-state index contributed by atoms with van der Waals surface area (Å²) >= 11 is 0. The third-order valence-corrected chi connectivity index (χ3v) is 5.52. The van der Waals surface area contributed by atoms with Crippen LogP contribution in [0, 0.1) is 6.92 Å². The highest BCUT2D eigenvalue weighted by molar-refractivity contribution is 5.97. The minimum atomic E-state index is -0.118. The lowest BCUT2D eigenvalue weighted by atomic mass is 9.87. The number of fused-ring (bicyclic) bond motifs is 1. The molecule has 4 rings (SSSR count). The van der Waals surface area contributed by atoms with E-state index in [9.17, 15) is 4.79 Å². The first-order chi connectivity index (χ1) is 14.8. The van der Waals surface area contributed by atoms with E-state index in [0.717, 1.165) is 22.6 Å². The molecule has 0 radical (unpaired) electrons. The summed E-state index contributed by atoms with van der Waals surface area (Å²) in [4.78, 5) is 21.6. The van der Waals surface area contributed by atoms with Gasteiger partial charge in [0.1, 0.15) is 5.82 Å². The Balaban J connectivity index is 1.56. The quantitative estimate of drug-likeness (QED) is 0.501. The van der Waals surface area contributed by atoms with Crippen molar-refractivity contribution in [2.75, 3.05) is 0 Å². The average Bonchev–Trinajstić information content (AvgIpc) is 3.07. The van der Waals surface area contributed by atoms with Crippen molar-refractivity contribution in [3.05, 3.63) is 95.1 Å². The Hall–Kier alpha value is -3.47. The molecule has 2 aromatic carbocycles. The van der Waals surface area contributed by atoms with Gasteiger partial charge in [0.25, 0.3) is 5.91 Å². The van der Waals surface area contributed by atoms with Gasteiger partial charge in [-0.2, -0.15) is 0 Å². The van der Waals surface area contributed by atoms with Crippen LogP contribution in [0.25, 0.3) is 11.0 Å². The van der Waals surface area contributed by atoms with Crippen molar-refractivity contribution in [3.8, 4) is 0 Å². The lowest BCUT2D eigenvalue weighted by molar-refractivity contribution is 0.0950. The second-order valence-corrected chi connectivity index (χ2v) is 8.90. The average molecular weight is 413 g/mol. The lowest BCUT2D eigenvalue weighted by Gasteiger charge is -2.19. The number of nitrogens with one attached hydrogen (secondary N) is 1. The van der Waals surface area contributed by atoms with Gasteiger partial charge in [-0.05, 0) is 53.8 Å². The highest BCUT2D eigenvalue weighted by Crippen LogP contribution is 2.24. The van der Waals surface area contributed by atoms with Gasteiger partial charge in [0, 0.05) is 18.3 Å². The third kappa shape index (κ3) is 4.66. The molecule has 1 amide bonds. The number of nitrogens with zero attached hydrogens (tertiary/aromatic N) is 3. The minimum Gasteiger partial charge on any atom is -0.346 e. The summed E-state index contributed by atoms with van der Waals surface area (Å²) in [5.74, 6) is 0.813. The van der Waals surface area contributed by atoms with Crippen LogP contribution >= 0.6 is 0 Å². The smallest absolute Gasteiger partial charge is 0.251 e. The monoisotopic (exact) mass is 412 g/mol. The zero-order valence-corrected chi connectivity index (χ0v) is 18.5. The Morgan fingerprint density at radius 1 is 1.03 bits per heavy atom. The van der Waals surface area contributed by atoms with Crippen molar-refractivity contribution in [2.45, 2.75) is 46.2 Å². The van der Waals surface area contributed by atoms with Crippen molar-refractivity contribution in [2.24, 2.45) is 0 Å². The maximum Gasteiger partial charge on any atom is 0.251 e. The zero-order valence-electron chi connectivity index (χ0n) is 18.5. The maximum absolute atomic E-state index is 12.7. The van der Waals surface area contributed by atoms with Crippen molar-refractivity contribution < 1.29 is 4.79 Å². The Bertz CT molecular complexity index is 1200. The molecule has 0 aliphatic heterocycles. The number of carbonyl (C=O) groups is 1. The Morgan fingerprint density at radius 3 is 2.48 bits per heavy atom. The predicted molar refractivity (Wildman–Crippen MR) is 124 cm³/mol. The molecule has 0 saturated heterocycles. The number of hydrogen-bond donors (Lipinski definition) is 1. The summed E-state index contributed by atoms with van der Waals surface area (Å²) in [6.07, 6.45) is 1.73. The number of hydrogen-bond acceptors (Lipinski definition) is 3. The van der Waals surface area contributed by atoms with Crippen LogP contribution < -0.4 is 5.32 Å². The van der Waals surface area contributed by atoms with Gasteiger partial charge in [-0.3, -0.25) is 9.78 Å². The van der Waals surface area contributed by atoms with E-state index in [1.807, 2.05) is 43.3 Å². The molecule has 0 aliphatic carbocycles. The molecular formula is C26H28N4O. The molecule has 4 aromatic rings. The minimum absolute atomic E-state index is 0.118. The van der Waals surface area contributed by atoms with Gasteiger partial charge in [-0.25, -0.2) is 4.98 Å². The van der Waals surface area contributed by atoms with E-state index in [-0.39, 0.29) is 11.3 Å². The number of amides is 1. The molecule has 0 aliphatic rings. The Labute approximate surface area is 183 Å². The first-order valence-electron chi connectivity index (χ1n) is 10.6. The van der Waals surface area contributed by atoms with Crippen molar-refractivity contribution in [1.82, 2.24) is 19.9 Å². The van der Waals surface area contributed by atoms with E-state index in [1.165, 1.54) is 11.1 Å². The molecule has 158 valence electrons. The number of carbonyl (C=O) groups excluding carboxylic acids is 1. The van der Waals surface area contributed by atoms with Gasteiger partial charge in [-0.15, -0.1) is 0 Å². The van der Waals surface area contributed by atoms with E-state index < -0.39 is 0 Å². The van der Waals surface area contributed by atoms with E-state index >= 15 is 0 Å². The zero-order chi connectivity index (χ0) is 22.0. The lowest BCUT2D eigenvalue weighted by Crippen LogP contribution is -2.23. The molecule has 0 fully saturated rings. The van der Waals surface area contributed by atoms with Crippen LogP contribution in [-0.2, 0) is 18.5 Å². The molecule has 0 spiro atoms. The predicted octanol–water partition coefficient (Wildman–Crippen LogP) is 5.02. The van der Waals surface area contributed by atoms with Crippen molar-refractivity contribution in [3.63, 3.8) is 0 Å². The molecule has 1 N–H and O–H groups in total. The standard InChI is InChI=1S/C26H28N4O/c1-18-29-23-13-10-20(25(31)28-16-22-7-5-6-14-27-22)15-24(23)30(18)17-19-8-11-21(12-9-19)26(2,3)4/h5-15H,16-17H2,1-4H3,(H,28,31). The second-order valence-electron chi connectivity index (χ2n) is 8.90. The van der Waals surface area contributed by atoms with E-state index in [0.29, 0.717) is 18.7 Å². The van der Waals surface area contributed by atoms with Gasteiger partial charge < -0.3 is 9.88 Å². The van der Waals surface area contributed by atoms with Gasteiger partial charge >= 0.3 is 0 Å². The topological polar surface area (TPSA) is 59.8 Å². The number of imidazole rings is 1. The maximum atomic E-state index is 12.7. The number of rotatable bonds is 5. The summed E-state index contributed by atoms with van der Waals surface area (Å²) in [6.45, 7) is 9.77. The van der Waals surface area contributed by atoms with Crippen molar-refractivity contribution in [1.29, 1.82) is 0 Å². The van der Waals surface area contributed by atoms with Crippen LogP contribution in [0.3, 0.4) is 0 Å². The largest absolute Gasteiger partial charge is 0.346 e. The summed E-state index contributed by atoms with van der Waals surface area (Å²) < 4.78 is 2.16. The van der Waals surface area contributed by atoms with Crippen LogP contribution in [0.15, 0.2) is 66.9 Å².